The summed E-state index contributed by atoms with van der Waals surface area (Å²) in [5.74, 6) is 5.29. The molecule has 0 spiro atoms. The van der Waals surface area contributed by atoms with Gasteiger partial charge >= 0.3 is 0 Å². The van der Waals surface area contributed by atoms with Crippen molar-refractivity contribution in [3.63, 3.8) is 0 Å². The number of hydrogen-bond acceptors (Lipinski definition) is 2. The summed E-state index contributed by atoms with van der Waals surface area (Å²) in [6.45, 7) is 45.0. The van der Waals surface area contributed by atoms with Crippen molar-refractivity contribution < 1.29 is 0 Å². The average molecular weight is 574 g/mol. The Labute approximate surface area is 264 Å². The number of rotatable bonds is 4. The first kappa shape index (κ1) is 59.4. The van der Waals surface area contributed by atoms with Gasteiger partial charge in [0.05, 0.1) is 0 Å². The molecule has 2 fully saturated rings. The van der Waals surface area contributed by atoms with Crippen molar-refractivity contribution in [3.05, 3.63) is 0 Å². The van der Waals surface area contributed by atoms with Crippen LogP contribution in [0.5, 0.6) is 0 Å². The lowest BCUT2D eigenvalue weighted by Crippen LogP contribution is -2.41. The van der Waals surface area contributed by atoms with Crippen molar-refractivity contribution in [2.24, 2.45) is 35.5 Å². The molecule has 2 atom stereocenters. The van der Waals surface area contributed by atoms with Gasteiger partial charge in [-0.3, -0.25) is 0 Å². The van der Waals surface area contributed by atoms with Crippen LogP contribution in [-0.4, -0.2) is 56.5 Å². The molecule has 0 aliphatic carbocycles. The summed E-state index contributed by atoms with van der Waals surface area (Å²) in [6.07, 6.45) is 5.70. The van der Waals surface area contributed by atoms with Crippen molar-refractivity contribution >= 4 is 8.41 Å². The Balaban J connectivity index is -0.0000000574. The Hall–Kier alpha value is -0.0151. The zero-order valence-corrected chi connectivity index (χ0v) is 29.7. The zero-order valence-electron chi connectivity index (χ0n) is 29.7. The molecule has 0 amide bonds. The third kappa shape index (κ3) is 40.1. The number of likely N-dealkylation sites (tertiary alicyclic amines) is 2. The maximum atomic E-state index is 2.62. The van der Waals surface area contributed by atoms with E-state index in [2.05, 4.69) is 107 Å². The van der Waals surface area contributed by atoms with Gasteiger partial charge in [-0.05, 0) is 102 Å². The van der Waals surface area contributed by atoms with Crippen molar-refractivity contribution in [3.8, 4) is 0 Å². The van der Waals surface area contributed by atoms with E-state index in [1.807, 2.05) is 27.7 Å². The highest BCUT2D eigenvalue weighted by Crippen LogP contribution is 2.25. The molecule has 0 bridgehead atoms. The molecule has 2 rings (SSSR count). The Bertz CT molecular complexity index is 333. The number of piperidine rings is 2. The van der Waals surface area contributed by atoms with E-state index < -0.39 is 0 Å². The van der Waals surface area contributed by atoms with Gasteiger partial charge in [-0.25, -0.2) is 0 Å². The van der Waals surface area contributed by atoms with Crippen LogP contribution >= 0.6 is 0 Å². The fourth-order valence-corrected chi connectivity index (χ4v) is 4.11. The van der Waals surface area contributed by atoms with Crippen molar-refractivity contribution in [2.45, 2.75) is 185 Å². The summed E-state index contributed by atoms with van der Waals surface area (Å²) >= 11 is 0. The van der Waals surface area contributed by atoms with Crippen LogP contribution in [0.2, 0.25) is 0 Å². The van der Waals surface area contributed by atoms with Crippen LogP contribution in [0, 0.1) is 35.5 Å². The van der Waals surface area contributed by atoms with Gasteiger partial charge in [-0.15, -0.1) is 0 Å². The van der Waals surface area contributed by atoms with Gasteiger partial charge < -0.3 is 9.80 Å². The molecule has 3 radical (unpaired) electrons. The Kier molecular flexibility index (Phi) is 57.9. The number of hydrogen-bond donors (Lipinski definition) is 0. The molecule has 0 aromatic rings. The lowest BCUT2D eigenvalue weighted by molar-refractivity contribution is 0.117. The maximum Gasteiger partial charge on any atom is 0.00387 e. The first-order valence-corrected chi connectivity index (χ1v) is 16.2. The molecule has 2 nitrogen and oxygen atoms in total. The quantitative estimate of drug-likeness (QED) is 0.309. The van der Waals surface area contributed by atoms with E-state index in [-0.39, 0.29) is 30.7 Å². The third-order valence-corrected chi connectivity index (χ3v) is 6.32. The van der Waals surface area contributed by atoms with Crippen molar-refractivity contribution in [1.82, 2.24) is 9.80 Å². The second kappa shape index (κ2) is 39.0. The molecule has 0 aromatic carbocycles. The van der Waals surface area contributed by atoms with Crippen LogP contribution in [0.4, 0.5) is 0 Å². The second-order valence-corrected chi connectivity index (χ2v) is 12.9. The van der Waals surface area contributed by atoms with Gasteiger partial charge in [0.25, 0.3) is 0 Å². The summed E-state index contributed by atoms with van der Waals surface area (Å²) in [6, 6.07) is 1.48. The molecule has 2 aliphatic heterocycles. The topological polar surface area (TPSA) is 6.48 Å². The summed E-state index contributed by atoms with van der Waals surface area (Å²) < 4.78 is 0. The van der Waals surface area contributed by atoms with E-state index >= 15 is 0 Å². The fourth-order valence-electron chi connectivity index (χ4n) is 4.11. The third-order valence-electron chi connectivity index (χ3n) is 6.32. The predicted octanol–water partition coefficient (Wildman–Crippen LogP) is 12.4. The van der Waals surface area contributed by atoms with Gasteiger partial charge in [0.1, 0.15) is 0 Å². The molecular formula is C37H90BN2. The van der Waals surface area contributed by atoms with Gasteiger partial charge in [0, 0.05) is 33.6 Å². The lowest BCUT2D eigenvalue weighted by atomic mass is 9.87. The normalized spacial score (nSPS) is 18.3. The van der Waals surface area contributed by atoms with Crippen molar-refractivity contribution in [1.29, 1.82) is 0 Å². The first-order chi connectivity index (χ1) is 16.7. The fraction of sp³-hybridized carbons (Fsp3) is 1.00. The van der Waals surface area contributed by atoms with E-state index in [4.69, 9.17) is 0 Å². The summed E-state index contributed by atoms with van der Waals surface area (Å²) in [5.41, 5.74) is 0. The van der Waals surface area contributed by atoms with Crippen LogP contribution in [-0.2, 0) is 0 Å². The SMILES string of the molecule is C.C.C.CC.CC.CC(C)C.CC(C)C.CC(C)C1CCCN(C(C)C)C1.CC(C)C1CCCN(C(C)C)C1.[B]. The van der Waals surface area contributed by atoms with Gasteiger partial charge in [-0.1, -0.05) is 119 Å². The van der Waals surface area contributed by atoms with Crippen LogP contribution < -0.4 is 0 Å². The van der Waals surface area contributed by atoms with E-state index in [1.165, 1.54) is 51.9 Å². The Morgan fingerprint density at radius 2 is 0.650 bits per heavy atom. The molecule has 0 aromatic heterocycles. The van der Waals surface area contributed by atoms with Gasteiger partial charge in [0.15, 0.2) is 0 Å². The maximum absolute atomic E-state index is 2.62. The molecule has 0 N–H and O–H groups in total. The summed E-state index contributed by atoms with van der Waals surface area (Å²) in [4.78, 5) is 5.24. The summed E-state index contributed by atoms with van der Waals surface area (Å²) in [5, 5.41) is 0. The van der Waals surface area contributed by atoms with Crippen LogP contribution in [0.3, 0.4) is 0 Å². The molecular weight excluding hydrogens is 483 g/mol. The Morgan fingerprint density at radius 1 is 0.450 bits per heavy atom. The monoisotopic (exact) mass is 574 g/mol. The smallest absolute Gasteiger partial charge is 0.00387 e. The van der Waals surface area contributed by atoms with Crippen LogP contribution in [0.25, 0.3) is 0 Å². The molecule has 2 unspecified atom stereocenters. The zero-order chi connectivity index (χ0) is 29.4. The Morgan fingerprint density at radius 3 is 0.800 bits per heavy atom. The molecule has 3 heteroatoms. The van der Waals surface area contributed by atoms with Crippen LogP contribution in [0.1, 0.15) is 173 Å². The van der Waals surface area contributed by atoms with E-state index in [0.29, 0.717) is 0 Å². The highest BCUT2D eigenvalue weighted by atomic mass is 15.2. The van der Waals surface area contributed by atoms with Crippen molar-refractivity contribution in [2.75, 3.05) is 26.2 Å². The van der Waals surface area contributed by atoms with Gasteiger partial charge in [0.2, 0.25) is 0 Å². The van der Waals surface area contributed by atoms with E-state index in [1.54, 1.807) is 0 Å². The van der Waals surface area contributed by atoms with E-state index in [0.717, 1.165) is 47.6 Å². The lowest BCUT2D eigenvalue weighted by Gasteiger charge is -2.37. The van der Waals surface area contributed by atoms with Gasteiger partial charge in [-0.2, -0.15) is 0 Å². The largest absolute Gasteiger partial charge is 0.301 e. The molecule has 2 aliphatic rings. The standard InChI is InChI=1S/2C11H23N.2C4H10.2C2H6.3CH4.B/c2*1-9(2)11-6-5-7-12(8-11)10(3)4;2*1-4(2)3;2*1-2;;;;/h2*9-11H,5-8H2,1-4H3;2*4H,1-3H3;2*1-2H3;3*1H4;. The minimum atomic E-state index is 0. The minimum absolute atomic E-state index is 0. The predicted molar refractivity (Wildman–Crippen MR) is 198 cm³/mol. The minimum Gasteiger partial charge on any atom is -0.301 e. The molecule has 0 saturated carbocycles. The average Bonchev–Trinajstić information content (AvgIpc) is 2.81. The summed E-state index contributed by atoms with van der Waals surface area (Å²) in [7, 11) is 0. The molecule has 251 valence electrons. The van der Waals surface area contributed by atoms with E-state index in [9.17, 15) is 0 Å². The highest BCUT2D eigenvalue weighted by molar-refractivity contribution is 5.75. The number of nitrogens with zero attached hydrogens (tertiary/aromatic N) is 2. The molecule has 2 heterocycles. The molecule has 2 saturated heterocycles. The first-order valence-electron chi connectivity index (χ1n) is 16.2. The molecule has 40 heavy (non-hydrogen) atoms. The highest BCUT2D eigenvalue weighted by Gasteiger charge is 2.24. The second-order valence-electron chi connectivity index (χ2n) is 12.9. The van der Waals surface area contributed by atoms with Crippen LogP contribution in [0.15, 0.2) is 0 Å².